The molecule has 0 atom stereocenters. The number of aromatic nitrogens is 1. The number of nitrogens with one attached hydrogen (secondary N) is 2. The summed E-state index contributed by atoms with van der Waals surface area (Å²) in [6.45, 7) is 0.389. The van der Waals surface area contributed by atoms with Crippen LogP contribution in [0.4, 0.5) is 19.7 Å². The van der Waals surface area contributed by atoms with Gasteiger partial charge in [0, 0.05) is 19.6 Å². The molecular formula is C20H26F2N4OS. The van der Waals surface area contributed by atoms with Crippen molar-refractivity contribution in [3.63, 3.8) is 0 Å². The summed E-state index contributed by atoms with van der Waals surface area (Å²) in [6.07, 6.45) is 5.71. The first-order valence-corrected chi connectivity index (χ1v) is 10.3. The topological polar surface area (TPSA) is 57.3 Å². The SMILES string of the molecule is CNc1nc(NC2CCCCC2)sc1C(=O)c1c(F)cc(CN(C)C)cc1F. The van der Waals surface area contributed by atoms with Crippen molar-refractivity contribution < 1.29 is 13.6 Å². The maximum absolute atomic E-state index is 14.6. The summed E-state index contributed by atoms with van der Waals surface area (Å²) in [7, 11) is 5.27. The number of ketones is 1. The van der Waals surface area contributed by atoms with Gasteiger partial charge in [-0.1, -0.05) is 30.6 Å². The molecule has 1 aliphatic rings. The first kappa shape index (κ1) is 20.7. The molecular weight excluding hydrogens is 382 g/mol. The average molecular weight is 409 g/mol. The van der Waals surface area contributed by atoms with E-state index in [1.54, 1.807) is 11.9 Å². The van der Waals surface area contributed by atoms with E-state index in [0.29, 0.717) is 29.1 Å². The minimum absolute atomic E-state index is 0.207. The summed E-state index contributed by atoms with van der Waals surface area (Å²) in [5, 5.41) is 6.83. The van der Waals surface area contributed by atoms with Crippen molar-refractivity contribution in [3.05, 3.63) is 39.8 Å². The molecule has 1 heterocycles. The Morgan fingerprint density at radius 3 is 2.43 bits per heavy atom. The second kappa shape index (κ2) is 8.96. The van der Waals surface area contributed by atoms with Crippen molar-refractivity contribution in [3.8, 4) is 0 Å². The lowest BCUT2D eigenvalue weighted by atomic mass is 9.96. The van der Waals surface area contributed by atoms with Crippen LogP contribution in [0.25, 0.3) is 0 Å². The highest BCUT2D eigenvalue weighted by molar-refractivity contribution is 7.18. The van der Waals surface area contributed by atoms with Crippen molar-refractivity contribution in [2.24, 2.45) is 0 Å². The predicted molar refractivity (Wildman–Crippen MR) is 109 cm³/mol. The van der Waals surface area contributed by atoms with E-state index < -0.39 is 23.0 Å². The highest BCUT2D eigenvalue weighted by atomic mass is 32.1. The van der Waals surface area contributed by atoms with Crippen LogP contribution in [0, 0.1) is 11.6 Å². The summed E-state index contributed by atoms with van der Waals surface area (Å²) < 4.78 is 29.2. The first-order chi connectivity index (χ1) is 13.4. The van der Waals surface area contributed by atoms with Crippen molar-refractivity contribution in [1.29, 1.82) is 0 Å². The fourth-order valence-corrected chi connectivity index (χ4v) is 4.53. The zero-order valence-corrected chi connectivity index (χ0v) is 17.3. The number of thiazole rings is 1. The Morgan fingerprint density at radius 1 is 1.21 bits per heavy atom. The Balaban J connectivity index is 1.87. The quantitative estimate of drug-likeness (QED) is 0.661. The fourth-order valence-electron chi connectivity index (χ4n) is 3.54. The van der Waals surface area contributed by atoms with Crippen LogP contribution in [0.5, 0.6) is 0 Å². The second-order valence-electron chi connectivity index (χ2n) is 7.43. The van der Waals surface area contributed by atoms with Gasteiger partial charge in [0.25, 0.3) is 0 Å². The molecule has 0 amide bonds. The van der Waals surface area contributed by atoms with Gasteiger partial charge < -0.3 is 15.5 Å². The smallest absolute Gasteiger partial charge is 0.212 e. The summed E-state index contributed by atoms with van der Waals surface area (Å²) in [6, 6.07) is 2.76. The highest BCUT2D eigenvalue weighted by Gasteiger charge is 2.26. The number of halogens is 2. The Kier molecular flexibility index (Phi) is 6.61. The molecule has 2 N–H and O–H groups in total. The lowest BCUT2D eigenvalue weighted by molar-refractivity contribution is 0.103. The molecule has 0 unspecified atom stereocenters. The van der Waals surface area contributed by atoms with Crippen molar-refractivity contribution in [2.75, 3.05) is 31.8 Å². The molecule has 1 fully saturated rings. The van der Waals surface area contributed by atoms with E-state index >= 15 is 0 Å². The van der Waals surface area contributed by atoms with Gasteiger partial charge >= 0.3 is 0 Å². The molecule has 28 heavy (non-hydrogen) atoms. The Labute approximate surface area is 168 Å². The van der Waals surface area contributed by atoms with Crippen molar-refractivity contribution >= 4 is 28.1 Å². The number of carbonyl (C=O) groups is 1. The number of nitrogens with zero attached hydrogens (tertiary/aromatic N) is 2. The molecule has 8 heteroatoms. The summed E-state index contributed by atoms with van der Waals surface area (Å²) in [5.74, 6) is -2.05. The molecule has 2 aromatic rings. The molecule has 0 spiro atoms. The number of hydrogen-bond acceptors (Lipinski definition) is 6. The van der Waals surface area contributed by atoms with Crippen LogP contribution in [0.1, 0.15) is 52.9 Å². The lowest BCUT2D eigenvalue weighted by Crippen LogP contribution is -2.22. The van der Waals surface area contributed by atoms with Gasteiger partial charge in [0.15, 0.2) is 10.9 Å². The van der Waals surface area contributed by atoms with Crippen LogP contribution in [0.15, 0.2) is 12.1 Å². The van der Waals surface area contributed by atoms with E-state index in [1.807, 2.05) is 14.1 Å². The Morgan fingerprint density at radius 2 is 1.86 bits per heavy atom. The number of anilines is 2. The molecule has 1 aromatic carbocycles. The Hall–Kier alpha value is -2.06. The Bertz CT molecular complexity index is 824. The molecule has 3 rings (SSSR count). The van der Waals surface area contributed by atoms with Crippen LogP contribution < -0.4 is 10.6 Å². The first-order valence-electron chi connectivity index (χ1n) is 9.51. The van der Waals surface area contributed by atoms with E-state index in [2.05, 4.69) is 15.6 Å². The standard InChI is InChI=1S/C20H26F2N4OS/c1-23-19-18(28-20(25-19)24-13-7-5-4-6-8-13)17(27)16-14(21)9-12(10-15(16)22)11-26(2)3/h9-10,13,23H,4-8,11H2,1-3H3,(H,24,25). The van der Waals surface area contributed by atoms with Gasteiger partial charge in [0.05, 0.1) is 5.56 Å². The zero-order valence-electron chi connectivity index (χ0n) is 16.4. The van der Waals surface area contributed by atoms with Crippen LogP contribution >= 0.6 is 11.3 Å². The van der Waals surface area contributed by atoms with Crippen molar-refractivity contribution in [1.82, 2.24) is 9.88 Å². The number of carbonyl (C=O) groups excluding carboxylic acids is 1. The molecule has 0 bridgehead atoms. The van der Waals surface area contributed by atoms with Gasteiger partial charge in [0.1, 0.15) is 16.5 Å². The second-order valence-corrected chi connectivity index (χ2v) is 8.43. The van der Waals surface area contributed by atoms with Gasteiger partial charge in [0.2, 0.25) is 5.78 Å². The zero-order chi connectivity index (χ0) is 20.3. The molecule has 1 aromatic heterocycles. The fraction of sp³-hybridized carbons (Fsp3) is 0.500. The van der Waals surface area contributed by atoms with E-state index in [-0.39, 0.29) is 4.88 Å². The molecule has 152 valence electrons. The number of benzene rings is 1. The van der Waals surface area contributed by atoms with Gasteiger partial charge in [-0.15, -0.1) is 0 Å². The van der Waals surface area contributed by atoms with E-state index in [1.165, 1.54) is 31.4 Å². The monoisotopic (exact) mass is 408 g/mol. The van der Waals surface area contributed by atoms with Crippen LogP contribution in [0.2, 0.25) is 0 Å². The molecule has 0 radical (unpaired) electrons. The molecule has 0 saturated heterocycles. The predicted octanol–water partition coefficient (Wildman–Crippen LogP) is 4.50. The van der Waals surface area contributed by atoms with E-state index in [4.69, 9.17) is 0 Å². The van der Waals surface area contributed by atoms with E-state index in [0.717, 1.165) is 24.2 Å². The minimum atomic E-state index is -0.848. The molecule has 1 aliphatic carbocycles. The highest BCUT2D eigenvalue weighted by Crippen LogP contribution is 2.32. The van der Waals surface area contributed by atoms with E-state index in [9.17, 15) is 13.6 Å². The number of hydrogen-bond donors (Lipinski definition) is 2. The van der Waals surface area contributed by atoms with Crippen molar-refractivity contribution in [2.45, 2.75) is 44.7 Å². The van der Waals surface area contributed by atoms with Gasteiger partial charge in [-0.3, -0.25) is 4.79 Å². The molecule has 0 aliphatic heterocycles. The third-order valence-electron chi connectivity index (χ3n) is 4.83. The summed E-state index contributed by atoms with van der Waals surface area (Å²) in [4.78, 5) is 19.3. The maximum Gasteiger partial charge on any atom is 0.212 e. The van der Waals surface area contributed by atoms with Crippen LogP contribution in [-0.4, -0.2) is 42.9 Å². The van der Waals surface area contributed by atoms with Crippen LogP contribution in [0.3, 0.4) is 0 Å². The summed E-state index contributed by atoms with van der Waals surface area (Å²) in [5.41, 5.74) is -0.0544. The minimum Gasteiger partial charge on any atom is -0.372 e. The van der Waals surface area contributed by atoms with Gasteiger partial charge in [-0.25, -0.2) is 13.8 Å². The third kappa shape index (κ3) is 4.67. The maximum atomic E-state index is 14.6. The molecule has 5 nitrogen and oxygen atoms in total. The van der Waals surface area contributed by atoms with Crippen LogP contribution in [-0.2, 0) is 6.54 Å². The molecule has 1 saturated carbocycles. The average Bonchev–Trinajstić information content (AvgIpc) is 3.04. The van der Waals surface area contributed by atoms with Gasteiger partial charge in [-0.2, -0.15) is 0 Å². The lowest BCUT2D eigenvalue weighted by Gasteiger charge is -2.22. The normalized spacial score (nSPS) is 15.1. The third-order valence-corrected chi connectivity index (χ3v) is 5.82. The largest absolute Gasteiger partial charge is 0.372 e. The van der Waals surface area contributed by atoms with Gasteiger partial charge in [-0.05, 0) is 44.6 Å². The summed E-state index contributed by atoms with van der Waals surface area (Å²) >= 11 is 1.14. The number of rotatable bonds is 7.